The Labute approximate surface area is 163 Å². The second kappa shape index (κ2) is 8.95. The summed E-state index contributed by atoms with van der Waals surface area (Å²) in [6.07, 6.45) is 0.623. The van der Waals surface area contributed by atoms with Gasteiger partial charge in [-0.05, 0) is 17.5 Å². The van der Waals surface area contributed by atoms with Gasteiger partial charge in [-0.2, -0.15) is 0 Å². The van der Waals surface area contributed by atoms with E-state index in [-0.39, 0.29) is 30.0 Å². The highest BCUT2D eigenvalue weighted by Crippen LogP contribution is 2.20. The molecule has 1 amide bonds. The fourth-order valence-corrected chi connectivity index (χ4v) is 3.16. The van der Waals surface area contributed by atoms with Gasteiger partial charge in [-0.15, -0.1) is 0 Å². The van der Waals surface area contributed by atoms with Gasteiger partial charge in [0.1, 0.15) is 11.6 Å². The first-order chi connectivity index (χ1) is 13.4. The van der Waals surface area contributed by atoms with Crippen LogP contribution in [0.25, 0.3) is 0 Å². The zero-order chi connectivity index (χ0) is 20.1. The lowest BCUT2D eigenvalue weighted by molar-refractivity contribution is -0.134. The largest absolute Gasteiger partial charge is 0.390 e. The standard InChI is InChI=1S/C22H24F2N2O2/c1-15(2)10-22(27)26(13-17-8-9-18(23)11-20(17)24)14-19-12-21(25-28-19)16-6-4-3-5-7-16/h3-9,11,15,19H,10,12-14H2,1-2H3. The first-order valence-electron chi connectivity index (χ1n) is 9.42. The SMILES string of the molecule is CC(C)CC(=O)N(Cc1ccc(F)cc1F)CC1CC(c2ccccc2)=NO1. The number of nitrogens with zero attached hydrogens (tertiary/aromatic N) is 2. The third-order valence-electron chi connectivity index (χ3n) is 4.58. The molecule has 1 aliphatic rings. The van der Waals surface area contributed by atoms with Crippen LogP contribution in [0.15, 0.2) is 53.7 Å². The predicted octanol–water partition coefficient (Wildman–Crippen LogP) is 4.53. The first-order valence-corrected chi connectivity index (χ1v) is 9.42. The minimum Gasteiger partial charge on any atom is -0.390 e. The van der Waals surface area contributed by atoms with Gasteiger partial charge in [0.25, 0.3) is 0 Å². The maximum atomic E-state index is 14.1. The van der Waals surface area contributed by atoms with Crippen molar-refractivity contribution < 1.29 is 18.4 Å². The molecule has 4 nitrogen and oxygen atoms in total. The molecule has 0 aliphatic carbocycles. The van der Waals surface area contributed by atoms with E-state index in [0.717, 1.165) is 17.3 Å². The number of carbonyl (C=O) groups excluding carboxylic acids is 1. The summed E-state index contributed by atoms with van der Waals surface area (Å²) in [6, 6.07) is 13.1. The lowest BCUT2D eigenvalue weighted by atomic mass is 10.0. The number of benzene rings is 2. The Bertz CT molecular complexity index is 853. The number of halogens is 2. The summed E-state index contributed by atoms with van der Waals surface area (Å²) in [5.74, 6) is -1.21. The van der Waals surface area contributed by atoms with Gasteiger partial charge < -0.3 is 9.74 Å². The molecule has 28 heavy (non-hydrogen) atoms. The average molecular weight is 386 g/mol. The molecule has 1 unspecified atom stereocenters. The third-order valence-corrected chi connectivity index (χ3v) is 4.58. The number of amides is 1. The summed E-state index contributed by atoms with van der Waals surface area (Å²) >= 11 is 0. The molecule has 2 aromatic rings. The van der Waals surface area contributed by atoms with E-state index in [4.69, 9.17) is 4.84 Å². The minimum atomic E-state index is -0.657. The summed E-state index contributed by atoms with van der Waals surface area (Å²) in [5, 5.41) is 4.15. The van der Waals surface area contributed by atoms with E-state index in [1.165, 1.54) is 12.1 Å². The van der Waals surface area contributed by atoms with Crippen LogP contribution >= 0.6 is 0 Å². The Morgan fingerprint density at radius 3 is 2.64 bits per heavy atom. The van der Waals surface area contributed by atoms with E-state index < -0.39 is 11.6 Å². The van der Waals surface area contributed by atoms with Crippen LogP contribution in [0.5, 0.6) is 0 Å². The van der Waals surface area contributed by atoms with Crippen molar-refractivity contribution in [1.82, 2.24) is 4.90 Å². The van der Waals surface area contributed by atoms with Crippen molar-refractivity contribution in [3.63, 3.8) is 0 Å². The molecule has 0 radical (unpaired) electrons. The number of hydrogen-bond acceptors (Lipinski definition) is 3. The van der Waals surface area contributed by atoms with Gasteiger partial charge in [-0.3, -0.25) is 4.79 Å². The van der Waals surface area contributed by atoms with Crippen LogP contribution in [0.2, 0.25) is 0 Å². The second-order valence-corrected chi connectivity index (χ2v) is 7.44. The smallest absolute Gasteiger partial charge is 0.223 e. The molecule has 0 bridgehead atoms. The van der Waals surface area contributed by atoms with E-state index in [2.05, 4.69) is 5.16 Å². The van der Waals surface area contributed by atoms with Gasteiger partial charge in [0.2, 0.25) is 5.91 Å². The van der Waals surface area contributed by atoms with Crippen LogP contribution in [0.4, 0.5) is 8.78 Å². The number of rotatable bonds is 7. The van der Waals surface area contributed by atoms with Gasteiger partial charge in [-0.25, -0.2) is 8.78 Å². The maximum absolute atomic E-state index is 14.1. The molecular weight excluding hydrogens is 362 g/mol. The summed E-state index contributed by atoms with van der Waals surface area (Å²) in [6.45, 7) is 4.27. The Morgan fingerprint density at radius 2 is 1.96 bits per heavy atom. The van der Waals surface area contributed by atoms with Crippen LogP contribution in [0.1, 0.15) is 37.8 Å². The summed E-state index contributed by atoms with van der Waals surface area (Å²) in [4.78, 5) is 19.8. The van der Waals surface area contributed by atoms with Crippen molar-refractivity contribution in [1.29, 1.82) is 0 Å². The highest BCUT2D eigenvalue weighted by Gasteiger charge is 2.27. The maximum Gasteiger partial charge on any atom is 0.223 e. The van der Waals surface area contributed by atoms with E-state index >= 15 is 0 Å². The Hall–Kier alpha value is -2.76. The van der Waals surface area contributed by atoms with E-state index in [9.17, 15) is 13.6 Å². The van der Waals surface area contributed by atoms with Crippen LogP contribution in [0, 0.1) is 17.6 Å². The van der Waals surface area contributed by atoms with Crippen LogP contribution in [-0.4, -0.2) is 29.2 Å². The molecule has 0 fully saturated rings. The molecule has 148 valence electrons. The molecule has 0 N–H and O–H groups in total. The van der Waals surface area contributed by atoms with Crippen LogP contribution in [-0.2, 0) is 16.2 Å². The zero-order valence-corrected chi connectivity index (χ0v) is 16.1. The van der Waals surface area contributed by atoms with Gasteiger partial charge in [-0.1, -0.05) is 55.4 Å². The van der Waals surface area contributed by atoms with Crippen LogP contribution in [0.3, 0.4) is 0 Å². The predicted molar refractivity (Wildman–Crippen MR) is 104 cm³/mol. The molecule has 1 heterocycles. The Morgan fingerprint density at radius 1 is 1.21 bits per heavy atom. The molecule has 0 saturated carbocycles. The molecule has 0 aromatic heterocycles. The fraction of sp³-hybridized carbons (Fsp3) is 0.364. The summed E-state index contributed by atoms with van der Waals surface area (Å²) in [7, 11) is 0. The van der Waals surface area contributed by atoms with Crippen molar-refractivity contribution in [2.24, 2.45) is 11.1 Å². The van der Waals surface area contributed by atoms with Gasteiger partial charge in [0.15, 0.2) is 6.10 Å². The quantitative estimate of drug-likeness (QED) is 0.701. The molecule has 0 spiro atoms. The second-order valence-electron chi connectivity index (χ2n) is 7.44. The molecule has 2 aromatic carbocycles. The Balaban J connectivity index is 1.70. The van der Waals surface area contributed by atoms with Crippen molar-refractivity contribution in [3.05, 3.63) is 71.3 Å². The first kappa shape index (κ1) is 20.0. The summed E-state index contributed by atoms with van der Waals surface area (Å²) in [5.41, 5.74) is 2.09. The highest BCUT2D eigenvalue weighted by atomic mass is 19.1. The van der Waals surface area contributed by atoms with Gasteiger partial charge >= 0.3 is 0 Å². The number of carbonyl (C=O) groups is 1. The molecule has 1 atom stereocenters. The van der Waals surface area contributed by atoms with Crippen molar-refractivity contribution >= 4 is 11.6 Å². The minimum absolute atomic E-state index is 0.0677. The van der Waals surface area contributed by atoms with E-state index in [1.807, 2.05) is 44.2 Å². The van der Waals surface area contributed by atoms with Crippen molar-refractivity contribution in [2.45, 2.75) is 39.3 Å². The lowest BCUT2D eigenvalue weighted by Gasteiger charge is -2.26. The molecule has 3 rings (SSSR count). The number of oxime groups is 1. The molecule has 0 saturated heterocycles. The van der Waals surface area contributed by atoms with Gasteiger partial charge in [0, 0.05) is 31.0 Å². The van der Waals surface area contributed by atoms with Gasteiger partial charge in [0.05, 0.1) is 12.3 Å². The van der Waals surface area contributed by atoms with E-state index in [1.54, 1.807) is 4.90 Å². The average Bonchev–Trinajstić information content (AvgIpc) is 3.12. The fourth-order valence-electron chi connectivity index (χ4n) is 3.16. The summed E-state index contributed by atoms with van der Waals surface area (Å²) < 4.78 is 27.3. The molecule has 6 heteroatoms. The Kier molecular flexibility index (Phi) is 6.39. The monoisotopic (exact) mass is 386 g/mol. The lowest BCUT2D eigenvalue weighted by Crippen LogP contribution is -2.38. The number of hydrogen-bond donors (Lipinski definition) is 0. The van der Waals surface area contributed by atoms with Crippen LogP contribution < -0.4 is 0 Å². The zero-order valence-electron chi connectivity index (χ0n) is 16.1. The van der Waals surface area contributed by atoms with Crippen molar-refractivity contribution in [3.8, 4) is 0 Å². The van der Waals surface area contributed by atoms with Crippen molar-refractivity contribution in [2.75, 3.05) is 6.54 Å². The highest BCUT2D eigenvalue weighted by molar-refractivity contribution is 6.01. The van der Waals surface area contributed by atoms with E-state index in [0.29, 0.717) is 19.4 Å². The third kappa shape index (κ3) is 5.15. The topological polar surface area (TPSA) is 41.9 Å². The molecule has 1 aliphatic heterocycles. The normalized spacial score (nSPS) is 16.0. The molecular formula is C22H24F2N2O2.